The smallest absolute Gasteiger partial charge is 0.323 e. The molecule has 1 atom stereocenters. The van der Waals surface area contributed by atoms with Crippen LogP contribution in [-0.4, -0.2) is 11.9 Å². The molecule has 1 aliphatic rings. The van der Waals surface area contributed by atoms with Crippen LogP contribution in [-0.2, 0) is 10.2 Å². The van der Waals surface area contributed by atoms with Crippen molar-refractivity contribution >= 4 is 23.3 Å². The summed E-state index contributed by atoms with van der Waals surface area (Å²) in [6, 6.07) is 26.4. The predicted octanol–water partition coefficient (Wildman–Crippen LogP) is 5.24. The summed E-state index contributed by atoms with van der Waals surface area (Å²) in [5.74, 6) is 0.0747. The van der Waals surface area contributed by atoms with Gasteiger partial charge in [0.25, 0.3) is 0 Å². The fraction of sp³-hybridized carbons (Fsp3) is 0.200. The van der Waals surface area contributed by atoms with Crippen molar-refractivity contribution < 1.29 is 9.59 Å². The highest BCUT2D eigenvalue weighted by molar-refractivity contribution is 5.99. The van der Waals surface area contributed by atoms with E-state index in [1.165, 1.54) is 0 Å². The summed E-state index contributed by atoms with van der Waals surface area (Å²) in [5.41, 5.74) is 3.11. The Morgan fingerprint density at radius 1 is 0.767 bits per heavy atom. The van der Waals surface area contributed by atoms with E-state index in [4.69, 9.17) is 0 Å². The summed E-state index contributed by atoms with van der Waals surface area (Å²) in [4.78, 5) is 25.0. The Balaban J connectivity index is 1.34. The van der Waals surface area contributed by atoms with Gasteiger partial charge in [0.15, 0.2) is 0 Å². The fourth-order valence-corrected chi connectivity index (χ4v) is 3.62. The Labute approximate surface area is 176 Å². The average molecular weight is 399 g/mol. The van der Waals surface area contributed by atoms with Gasteiger partial charge in [0.05, 0.1) is 11.5 Å². The van der Waals surface area contributed by atoms with Crippen LogP contribution in [0.2, 0.25) is 0 Å². The van der Waals surface area contributed by atoms with E-state index in [0.717, 1.165) is 29.7 Å². The number of urea groups is 1. The molecule has 0 aromatic heterocycles. The number of hydrogen-bond donors (Lipinski definition) is 3. The number of nitrogens with one attached hydrogen (secondary N) is 3. The molecule has 152 valence electrons. The molecular weight excluding hydrogens is 374 g/mol. The Kier molecular flexibility index (Phi) is 5.53. The molecule has 4 rings (SSSR count). The Morgan fingerprint density at radius 2 is 1.30 bits per heavy atom. The molecule has 0 aliphatic heterocycles. The van der Waals surface area contributed by atoms with Crippen molar-refractivity contribution in [3.8, 4) is 0 Å². The van der Waals surface area contributed by atoms with Gasteiger partial charge in [-0.15, -0.1) is 0 Å². The van der Waals surface area contributed by atoms with E-state index in [-0.39, 0.29) is 23.4 Å². The first kappa shape index (κ1) is 19.7. The third-order valence-corrected chi connectivity index (χ3v) is 5.56. The lowest BCUT2D eigenvalue weighted by molar-refractivity contribution is -0.124. The van der Waals surface area contributed by atoms with E-state index in [2.05, 4.69) is 16.0 Å². The summed E-state index contributed by atoms with van der Waals surface area (Å²) >= 11 is 0. The van der Waals surface area contributed by atoms with Gasteiger partial charge in [0, 0.05) is 11.4 Å². The van der Waals surface area contributed by atoms with Gasteiger partial charge < -0.3 is 16.0 Å². The van der Waals surface area contributed by atoms with E-state index >= 15 is 0 Å². The molecule has 0 bridgehead atoms. The topological polar surface area (TPSA) is 70.2 Å². The van der Waals surface area contributed by atoms with Crippen LogP contribution < -0.4 is 16.0 Å². The number of carbonyl (C=O) groups excluding carboxylic acids is 2. The quantitative estimate of drug-likeness (QED) is 0.530. The lowest BCUT2D eigenvalue weighted by Crippen LogP contribution is -2.36. The molecule has 1 fully saturated rings. The standard InChI is InChI=1S/C25H25N3O2/c1-18(26-23(29)25(16-17-25)20-8-4-2-5-9-20)19-12-14-22(15-13-19)28-24(30)27-21-10-6-3-7-11-21/h2-15,18H,16-17H2,1H3,(H,26,29)(H2,27,28,30). The molecule has 0 heterocycles. The van der Waals surface area contributed by atoms with Crippen molar-refractivity contribution in [2.45, 2.75) is 31.2 Å². The molecule has 0 saturated heterocycles. The number of hydrogen-bond acceptors (Lipinski definition) is 2. The minimum absolute atomic E-state index is 0.0747. The maximum absolute atomic E-state index is 12.9. The van der Waals surface area contributed by atoms with Crippen LogP contribution in [0.5, 0.6) is 0 Å². The molecule has 5 nitrogen and oxygen atoms in total. The minimum Gasteiger partial charge on any atom is -0.349 e. The van der Waals surface area contributed by atoms with Crippen LogP contribution in [0.4, 0.5) is 16.2 Å². The largest absolute Gasteiger partial charge is 0.349 e. The number of rotatable bonds is 6. The van der Waals surface area contributed by atoms with E-state index in [1.54, 1.807) is 0 Å². The van der Waals surface area contributed by atoms with Crippen LogP contribution in [0.25, 0.3) is 0 Å². The van der Waals surface area contributed by atoms with Crippen LogP contribution >= 0.6 is 0 Å². The van der Waals surface area contributed by atoms with Crippen molar-refractivity contribution in [2.75, 3.05) is 10.6 Å². The first-order valence-electron chi connectivity index (χ1n) is 10.2. The molecule has 0 spiro atoms. The number of para-hydroxylation sites is 1. The second-order valence-electron chi connectivity index (χ2n) is 7.71. The third-order valence-electron chi connectivity index (χ3n) is 5.56. The van der Waals surface area contributed by atoms with Gasteiger partial charge in [-0.3, -0.25) is 4.79 Å². The van der Waals surface area contributed by atoms with Gasteiger partial charge in [0.1, 0.15) is 0 Å². The van der Waals surface area contributed by atoms with Crippen molar-refractivity contribution in [1.29, 1.82) is 0 Å². The van der Waals surface area contributed by atoms with Crippen LogP contribution in [0.1, 0.15) is 36.9 Å². The Bertz CT molecular complexity index is 1010. The molecule has 0 radical (unpaired) electrons. The number of benzene rings is 3. The zero-order valence-electron chi connectivity index (χ0n) is 16.9. The minimum atomic E-state index is -0.382. The lowest BCUT2D eigenvalue weighted by atomic mass is 9.94. The van der Waals surface area contributed by atoms with Crippen molar-refractivity contribution in [3.63, 3.8) is 0 Å². The highest BCUT2D eigenvalue weighted by Gasteiger charge is 2.51. The molecule has 3 N–H and O–H groups in total. The first-order chi connectivity index (χ1) is 14.6. The number of anilines is 2. The fourth-order valence-electron chi connectivity index (χ4n) is 3.62. The SMILES string of the molecule is CC(NC(=O)C1(c2ccccc2)CC1)c1ccc(NC(=O)Nc2ccccc2)cc1. The van der Waals surface area contributed by atoms with Crippen molar-refractivity contribution in [1.82, 2.24) is 5.32 Å². The molecule has 3 amide bonds. The number of carbonyl (C=O) groups is 2. The van der Waals surface area contributed by atoms with Gasteiger partial charge in [-0.1, -0.05) is 60.7 Å². The Morgan fingerprint density at radius 3 is 1.87 bits per heavy atom. The normalized spacial score (nSPS) is 15.0. The molecule has 3 aromatic carbocycles. The van der Waals surface area contributed by atoms with Gasteiger partial charge in [-0.25, -0.2) is 4.79 Å². The second-order valence-corrected chi connectivity index (χ2v) is 7.71. The summed E-state index contributed by atoms with van der Waals surface area (Å²) in [7, 11) is 0. The Hall–Kier alpha value is -3.60. The maximum atomic E-state index is 12.9. The highest BCUT2D eigenvalue weighted by Crippen LogP contribution is 2.48. The maximum Gasteiger partial charge on any atom is 0.323 e. The molecule has 5 heteroatoms. The summed E-state index contributed by atoms with van der Waals surface area (Å²) in [6.07, 6.45) is 1.77. The molecule has 1 aliphatic carbocycles. The molecular formula is C25H25N3O2. The molecule has 3 aromatic rings. The predicted molar refractivity (Wildman–Crippen MR) is 119 cm³/mol. The molecule has 30 heavy (non-hydrogen) atoms. The van der Waals surface area contributed by atoms with Crippen LogP contribution in [0, 0.1) is 0 Å². The van der Waals surface area contributed by atoms with Crippen LogP contribution in [0.15, 0.2) is 84.9 Å². The zero-order valence-corrected chi connectivity index (χ0v) is 16.9. The second kappa shape index (κ2) is 8.41. The molecule has 1 unspecified atom stereocenters. The summed E-state index contributed by atoms with van der Waals surface area (Å²) in [5, 5.41) is 8.75. The van der Waals surface area contributed by atoms with E-state index in [9.17, 15) is 9.59 Å². The lowest BCUT2D eigenvalue weighted by Gasteiger charge is -2.20. The van der Waals surface area contributed by atoms with Crippen molar-refractivity contribution in [2.24, 2.45) is 0 Å². The van der Waals surface area contributed by atoms with Crippen molar-refractivity contribution in [3.05, 3.63) is 96.1 Å². The van der Waals surface area contributed by atoms with Gasteiger partial charge in [-0.05, 0) is 55.2 Å². The van der Waals surface area contributed by atoms with E-state index < -0.39 is 0 Å². The average Bonchev–Trinajstić information content (AvgIpc) is 3.58. The zero-order chi connectivity index (χ0) is 21.0. The van der Waals surface area contributed by atoms with Crippen LogP contribution in [0.3, 0.4) is 0 Å². The summed E-state index contributed by atoms with van der Waals surface area (Å²) < 4.78 is 0. The third kappa shape index (κ3) is 4.35. The molecule has 1 saturated carbocycles. The van der Waals surface area contributed by atoms with E-state index in [0.29, 0.717) is 5.69 Å². The van der Waals surface area contributed by atoms with Gasteiger partial charge in [-0.2, -0.15) is 0 Å². The van der Waals surface area contributed by atoms with Gasteiger partial charge in [0.2, 0.25) is 5.91 Å². The first-order valence-corrected chi connectivity index (χ1v) is 10.2. The monoisotopic (exact) mass is 399 g/mol. The highest BCUT2D eigenvalue weighted by atomic mass is 16.2. The summed E-state index contributed by atoms with van der Waals surface area (Å²) in [6.45, 7) is 1.98. The van der Waals surface area contributed by atoms with Gasteiger partial charge >= 0.3 is 6.03 Å². The van der Waals surface area contributed by atoms with E-state index in [1.807, 2.05) is 91.9 Å². The number of amides is 3.